The van der Waals surface area contributed by atoms with Gasteiger partial charge >= 0.3 is 6.09 Å². The van der Waals surface area contributed by atoms with Crippen LogP contribution in [0.4, 0.5) is 21.0 Å². The number of imidazole rings is 1. The van der Waals surface area contributed by atoms with Gasteiger partial charge in [0.25, 0.3) is 0 Å². The fourth-order valence-electron chi connectivity index (χ4n) is 3.21. The molecule has 31 heavy (non-hydrogen) atoms. The second-order valence-electron chi connectivity index (χ2n) is 7.17. The van der Waals surface area contributed by atoms with Crippen LogP contribution >= 0.6 is 11.6 Å². The minimum atomic E-state index is -0.923. The van der Waals surface area contributed by atoms with E-state index in [1.165, 1.54) is 6.92 Å². The number of ether oxygens (including phenoxy) is 1. The molecule has 3 atom stereocenters. The standard InChI is InChI=1S/C20H20ClFN6O3/c1-11(16-8-27(10-24-16)14-5-3-13(21)4-6-14)25-19-23-7-15(22)18(26-19)28-17(12(2)29)9-31-20(28)30/h3-8,10-12,17,29H,9H2,1-2H3,(H,23,25,26)/t11-,12+,17+/m0/s1. The van der Waals surface area contributed by atoms with Crippen molar-refractivity contribution >= 4 is 29.5 Å². The first-order valence-corrected chi connectivity index (χ1v) is 9.94. The number of amides is 1. The molecule has 162 valence electrons. The summed E-state index contributed by atoms with van der Waals surface area (Å²) in [5.41, 5.74) is 1.60. The lowest BCUT2D eigenvalue weighted by atomic mass is 10.2. The van der Waals surface area contributed by atoms with Crippen LogP contribution in [0.5, 0.6) is 0 Å². The number of hydrogen-bond acceptors (Lipinski definition) is 7. The molecule has 1 aliphatic heterocycles. The van der Waals surface area contributed by atoms with Gasteiger partial charge in [-0.2, -0.15) is 4.98 Å². The molecule has 2 N–H and O–H groups in total. The lowest BCUT2D eigenvalue weighted by molar-refractivity contribution is 0.142. The molecule has 0 aliphatic carbocycles. The average molecular weight is 447 g/mol. The van der Waals surface area contributed by atoms with Crippen LogP contribution in [0, 0.1) is 5.82 Å². The average Bonchev–Trinajstić information content (AvgIpc) is 3.37. The van der Waals surface area contributed by atoms with Gasteiger partial charge in [0.2, 0.25) is 5.95 Å². The summed E-state index contributed by atoms with van der Waals surface area (Å²) >= 11 is 5.93. The number of cyclic esters (lactones) is 1. The van der Waals surface area contributed by atoms with Crippen LogP contribution in [-0.2, 0) is 4.74 Å². The third-order valence-corrected chi connectivity index (χ3v) is 5.19. The van der Waals surface area contributed by atoms with Gasteiger partial charge in [0, 0.05) is 16.9 Å². The van der Waals surface area contributed by atoms with E-state index in [4.69, 9.17) is 16.3 Å². The van der Waals surface area contributed by atoms with Crippen molar-refractivity contribution in [1.82, 2.24) is 19.5 Å². The third kappa shape index (κ3) is 4.30. The SMILES string of the molecule is C[C@H](Nc1ncc(F)c(N2C(=O)OC[C@@H]2[C@@H](C)O)n1)c1cn(-c2ccc(Cl)cc2)cn1. The largest absolute Gasteiger partial charge is 0.447 e. The number of carbonyl (C=O) groups excluding carboxylic acids is 1. The quantitative estimate of drug-likeness (QED) is 0.598. The lowest BCUT2D eigenvalue weighted by Gasteiger charge is -2.23. The van der Waals surface area contributed by atoms with Crippen molar-refractivity contribution in [2.24, 2.45) is 0 Å². The van der Waals surface area contributed by atoms with Crippen molar-refractivity contribution in [2.75, 3.05) is 16.8 Å². The Morgan fingerprint density at radius 2 is 2.03 bits per heavy atom. The van der Waals surface area contributed by atoms with E-state index in [0.29, 0.717) is 10.7 Å². The maximum atomic E-state index is 14.4. The Morgan fingerprint density at radius 3 is 2.74 bits per heavy atom. The maximum Gasteiger partial charge on any atom is 0.416 e. The molecule has 1 aliphatic rings. The summed E-state index contributed by atoms with van der Waals surface area (Å²) in [6, 6.07) is 6.26. The van der Waals surface area contributed by atoms with E-state index in [9.17, 15) is 14.3 Å². The van der Waals surface area contributed by atoms with E-state index in [1.54, 1.807) is 18.5 Å². The van der Waals surface area contributed by atoms with Crippen LogP contribution in [0.1, 0.15) is 25.6 Å². The van der Waals surface area contributed by atoms with Crippen molar-refractivity contribution in [3.63, 3.8) is 0 Å². The number of aliphatic hydroxyl groups is 1. The molecule has 1 saturated heterocycles. The highest BCUT2D eigenvalue weighted by Crippen LogP contribution is 2.27. The van der Waals surface area contributed by atoms with Gasteiger partial charge in [-0.05, 0) is 38.1 Å². The lowest BCUT2D eigenvalue weighted by Crippen LogP contribution is -2.42. The number of carbonyl (C=O) groups is 1. The summed E-state index contributed by atoms with van der Waals surface area (Å²) in [6.07, 6.45) is 2.78. The Kier molecular flexibility index (Phi) is 5.75. The Labute approximate surface area is 182 Å². The Balaban J connectivity index is 1.54. The minimum Gasteiger partial charge on any atom is -0.447 e. The number of nitrogens with zero attached hydrogens (tertiary/aromatic N) is 5. The Hall–Kier alpha value is -3.24. The van der Waals surface area contributed by atoms with Crippen LogP contribution in [-0.4, -0.2) is 49.5 Å². The monoisotopic (exact) mass is 446 g/mol. The first-order valence-electron chi connectivity index (χ1n) is 9.56. The van der Waals surface area contributed by atoms with Gasteiger partial charge in [-0.3, -0.25) is 0 Å². The third-order valence-electron chi connectivity index (χ3n) is 4.93. The molecular weight excluding hydrogens is 427 g/mol. The number of hydrogen-bond donors (Lipinski definition) is 2. The molecule has 4 rings (SSSR count). The normalized spacial score (nSPS) is 18.0. The number of aliphatic hydroxyl groups excluding tert-OH is 1. The number of benzene rings is 1. The molecule has 3 heterocycles. The van der Waals surface area contributed by atoms with E-state index in [-0.39, 0.29) is 24.4 Å². The van der Waals surface area contributed by atoms with Crippen LogP contribution in [0.25, 0.3) is 5.69 Å². The molecule has 11 heteroatoms. The predicted octanol–water partition coefficient (Wildman–Crippen LogP) is 3.33. The Morgan fingerprint density at radius 1 is 1.29 bits per heavy atom. The highest BCUT2D eigenvalue weighted by Gasteiger charge is 2.39. The molecule has 1 aromatic carbocycles. The highest BCUT2D eigenvalue weighted by molar-refractivity contribution is 6.30. The fourth-order valence-corrected chi connectivity index (χ4v) is 3.34. The second-order valence-corrected chi connectivity index (χ2v) is 7.60. The van der Waals surface area contributed by atoms with Crippen LogP contribution in [0.2, 0.25) is 5.02 Å². The van der Waals surface area contributed by atoms with Gasteiger partial charge < -0.3 is 19.7 Å². The van der Waals surface area contributed by atoms with Gasteiger partial charge in [-0.15, -0.1) is 0 Å². The zero-order valence-electron chi connectivity index (χ0n) is 16.7. The summed E-state index contributed by atoms with van der Waals surface area (Å²) in [5.74, 6) is -0.950. The molecule has 1 amide bonds. The first kappa shape index (κ1) is 21.0. The fraction of sp³-hybridized carbons (Fsp3) is 0.300. The molecule has 9 nitrogen and oxygen atoms in total. The summed E-state index contributed by atoms with van der Waals surface area (Å²) in [6.45, 7) is 3.29. The van der Waals surface area contributed by atoms with Gasteiger partial charge in [-0.25, -0.2) is 24.1 Å². The number of halogens is 2. The van der Waals surface area contributed by atoms with Crippen LogP contribution in [0.3, 0.4) is 0 Å². The van der Waals surface area contributed by atoms with E-state index in [1.807, 2.05) is 29.8 Å². The smallest absolute Gasteiger partial charge is 0.416 e. The molecule has 0 bridgehead atoms. The topological polar surface area (TPSA) is 105 Å². The maximum absolute atomic E-state index is 14.4. The summed E-state index contributed by atoms with van der Waals surface area (Å²) in [5, 5.41) is 13.6. The van der Waals surface area contributed by atoms with Crippen molar-refractivity contribution < 1.29 is 19.0 Å². The van der Waals surface area contributed by atoms with Crippen molar-refractivity contribution in [2.45, 2.75) is 32.0 Å². The molecule has 3 aromatic rings. The molecule has 0 radical (unpaired) electrons. The molecule has 0 saturated carbocycles. The van der Waals surface area contributed by atoms with Crippen LogP contribution < -0.4 is 10.2 Å². The molecule has 1 fully saturated rings. The summed E-state index contributed by atoms with van der Waals surface area (Å²) in [4.78, 5) is 25.6. The molecule has 2 aromatic heterocycles. The number of aromatic nitrogens is 4. The highest BCUT2D eigenvalue weighted by atomic mass is 35.5. The molecular formula is C20H20ClFN6O3. The van der Waals surface area contributed by atoms with Gasteiger partial charge in [0.1, 0.15) is 12.6 Å². The van der Waals surface area contributed by atoms with E-state index in [2.05, 4.69) is 20.3 Å². The number of rotatable bonds is 6. The van der Waals surface area contributed by atoms with Crippen molar-refractivity contribution in [1.29, 1.82) is 0 Å². The summed E-state index contributed by atoms with van der Waals surface area (Å²) < 4.78 is 21.2. The molecule has 0 spiro atoms. The number of anilines is 2. The minimum absolute atomic E-state index is 0.0543. The van der Waals surface area contributed by atoms with E-state index in [0.717, 1.165) is 16.8 Å². The zero-order chi connectivity index (χ0) is 22.1. The Bertz CT molecular complexity index is 1090. The van der Waals surface area contributed by atoms with Crippen molar-refractivity contribution in [3.8, 4) is 5.69 Å². The van der Waals surface area contributed by atoms with Crippen molar-refractivity contribution in [3.05, 3.63) is 59.5 Å². The second kappa shape index (κ2) is 8.48. The molecule has 0 unspecified atom stereocenters. The zero-order valence-corrected chi connectivity index (χ0v) is 17.5. The number of nitrogens with one attached hydrogen (secondary N) is 1. The summed E-state index contributed by atoms with van der Waals surface area (Å²) in [7, 11) is 0. The predicted molar refractivity (Wildman–Crippen MR) is 112 cm³/mol. The van der Waals surface area contributed by atoms with E-state index < -0.39 is 24.1 Å². The van der Waals surface area contributed by atoms with Crippen LogP contribution in [0.15, 0.2) is 43.0 Å². The first-order chi connectivity index (χ1) is 14.8. The van der Waals surface area contributed by atoms with E-state index >= 15 is 0 Å². The van der Waals surface area contributed by atoms with Gasteiger partial charge in [-0.1, -0.05) is 11.6 Å². The van der Waals surface area contributed by atoms with Gasteiger partial charge in [0.15, 0.2) is 11.6 Å². The van der Waals surface area contributed by atoms with Gasteiger partial charge in [0.05, 0.1) is 30.4 Å².